The molecule has 0 amide bonds. The van der Waals surface area contributed by atoms with Gasteiger partial charge in [0.15, 0.2) is 0 Å². The van der Waals surface area contributed by atoms with Crippen molar-refractivity contribution in [3.05, 3.63) is 0 Å². The van der Waals surface area contributed by atoms with Crippen LogP contribution in [-0.2, 0) is 10.0 Å². The molecule has 0 saturated carbocycles. The average Bonchev–Trinajstić information content (AvgIpc) is 2.29. The fourth-order valence-electron chi connectivity index (χ4n) is 2.11. The molecular weight excluding hydrogens is 256 g/mol. The van der Waals surface area contributed by atoms with Crippen molar-refractivity contribution in [2.24, 2.45) is 5.92 Å². The summed E-state index contributed by atoms with van der Waals surface area (Å²) in [6.45, 7) is 3.87. The first-order chi connectivity index (χ1) is 8.07. The van der Waals surface area contributed by atoms with E-state index in [4.69, 9.17) is 0 Å². The molecule has 0 aromatic rings. The lowest BCUT2D eigenvalue weighted by atomic mass is 10.0. The summed E-state index contributed by atoms with van der Waals surface area (Å²) in [6, 6.07) is 0.0755. The molecule has 0 aromatic carbocycles. The second-order valence-corrected chi connectivity index (χ2v) is 7.38. The normalized spacial score (nSPS) is 23.5. The maximum absolute atomic E-state index is 12.0. The van der Waals surface area contributed by atoms with Crippen molar-refractivity contribution in [3.63, 3.8) is 0 Å². The minimum Gasteiger partial charge on any atom is -0.316 e. The summed E-state index contributed by atoms with van der Waals surface area (Å²) >= 11 is 1.68. The number of thioether (sulfide) groups is 1. The molecule has 1 heterocycles. The van der Waals surface area contributed by atoms with Crippen LogP contribution < -0.4 is 10.0 Å². The van der Waals surface area contributed by atoms with Gasteiger partial charge in [0.2, 0.25) is 10.0 Å². The van der Waals surface area contributed by atoms with Gasteiger partial charge in [0.25, 0.3) is 0 Å². The average molecular weight is 280 g/mol. The highest BCUT2D eigenvalue weighted by Gasteiger charge is 2.23. The smallest absolute Gasteiger partial charge is 0.212 e. The van der Waals surface area contributed by atoms with Crippen molar-refractivity contribution in [1.29, 1.82) is 0 Å². The summed E-state index contributed by atoms with van der Waals surface area (Å²) in [4.78, 5) is 0. The number of sulfonamides is 1. The molecule has 2 atom stereocenters. The highest BCUT2D eigenvalue weighted by molar-refractivity contribution is 7.98. The predicted octanol–water partition coefficient (Wildman–Crippen LogP) is 1.05. The number of hydrogen-bond acceptors (Lipinski definition) is 4. The fourth-order valence-corrected chi connectivity index (χ4v) is 4.70. The van der Waals surface area contributed by atoms with E-state index in [-0.39, 0.29) is 17.7 Å². The first-order valence-electron chi connectivity index (χ1n) is 6.27. The van der Waals surface area contributed by atoms with Crippen LogP contribution in [0, 0.1) is 5.92 Å². The molecule has 0 aromatic heterocycles. The van der Waals surface area contributed by atoms with Crippen molar-refractivity contribution in [2.45, 2.75) is 32.2 Å². The second kappa shape index (κ2) is 7.61. The van der Waals surface area contributed by atoms with Crippen LogP contribution >= 0.6 is 11.8 Å². The summed E-state index contributed by atoms with van der Waals surface area (Å²) in [7, 11) is -3.12. The van der Waals surface area contributed by atoms with Gasteiger partial charge < -0.3 is 5.32 Å². The molecule has 2 unspecified atom stereocenters. The summed E-state index contributed by atoms with van der Waals surface area (Å²) in [5.74, 6) is 1.39. The predicted molar refractivity (Wildman–Crippen MR) is 75.0 cm³/mol. The molecule has 102 valence electrons. The Morgan fingerprint density at radius 2 is 2.29 bits per heavy atom. The van der Waals surface area contributed by atoms with E-state index >= 15 is 0 Å². The maximum atomic E-state index is 12.0. The maximum Gasteiger partial charge on any atom is 0.212 e. The SMILES string of the molecule is CCC(CSC)NS(=O)(=O)CC1CCCNC1. The van der Waals surface area contributed by atoms with Crippen LogP contribution in [0.2, 0.25) is 0 Å². The van der Waals surface area contributed by atoms with Gasteiger partial charge >= 0.3 is 0 Å². The molecular formula is C11H24N2O2S2. The summed E-state index contributed by atoms with van der Waals surface area (Å²) < 4.78 is 26.8. The van der Waals surface area contributed by atoms with Crippen LogP contribution in [-0.4, -0.2) is 45.3 Å². The second-order valence-electron chi connectivity index (χ2n) is 4.67. The van der Waals surface area contributed by atoms with E-state index in [2.05, 4.69) is 10.0 Å². The molecule has 1 aliphatic heterocycles. The molecule has 0 aliphatic carbocycles. The van der Waals surface area contributed by atoms with Crippen molar-refractivity contribution < 1.29 is 8.42 Å². The van der Waals surface area contributed by atoms with Crippen LogP contribution in [0.5, 0.6) is 0 Å². The quantitative estimate of drug-likeness (QED) is 0.732. The van der Waals surface area contributed by atoms with Crippen LogP contribution in [0.3, 0.4) is 0 Å². The van der Waals surface area contributed by atoms with Crippen molar-refractivity contribution >= 4 is 21.8 Å². The van der Waals surface area contributed by atoms with Gasteiger partial charge in [0.05, 0.1) is 5.75 Å². The van der Waals surface area contributed by atoms with Crippen LogP contribution in [0.25, 0.3) is 0 Å². The number of rotatable bonds is 7. The lowest BCUT2D eigenvalue weighted by molar-refractivity contribution is 0.402. The van der Waals surface area contributed by atoms with Gasteiger partial charge in [-0.1, -0.05) is 6.92 Å². The van der Waals surface area contributed by atoms with Crippen LogP contribution in [0.1, 0.15) is 26.2 Å². The van der Waals surface area contributed by atoms with E-state index in [1.807, 2.05) is 13.2 Å². The largest absolute Gasteiger partial charge is 0.316 e. The van der Waals surface area contributed by atoms with Crippen molar-refractivity contribution in [3.8, 4) is 0 Å². The number of hydrogen-bond donors (Lipinski definition) is 2. The Bertz CT molecular complexity index is 288. The monoisotopic (exact) mass is 280 g/mol. The zero-order chi connectivity index (χ0) is 12.7. The molecule has 6 heteroatoms. The third kappa shape index (κ3) is 6.08. The molecule has 2 N–H and O–H groups in total. The Hall–Kier alpha value is 0.220. The highest BCUT2D eigenvalue weighted by atomic mass is 32.2. The number of nitrogens with one attached hydrogen (secondary N) is 2. The van der Waals surface area contributed by atoms with Crippen molar-refractivity contribution in [2.75, 3.05) is 30.9 Å². The first kappa shape index (κ1) is 15.3. The third-order valence-corrected chi connectivity index (χ3v) is 5.40. The van der Waals surface area contributed by atoms with Gasteiger partial charge in [-0.3, -0.25) is 0 Å². The Morgan fingerprint density at radius 1 is 1.53 bits per heavy atom. The molecule has 1 rings (SSSR count). The number of piperidine rings is 1. The van der Waals surface area contributed by atoms with E-state index in [9.17, 15) is 8.42 Å². The molecule has 0 radical (unpaired) electrons. The summed E-state index contributed by atoms with van der Waals surface area (Å²) in [5, 5.41) is 3.25. The van der Waals surface area contributed by atoms with Gasteiger partial charge in [0.1, 0.15) is 0 Å². The molecule has 1 aliphatic rings. The van der Waals surface area contributed by atoms with Crippen molar-refractivity contribution in [1.82, 2.24) is 10.0 Å². The third-order valence-electron chi connectivity index (χ3n) is 3.06. The summed E-state index contributed by atoms with van der Waals surface area (Å²) in [6.07, 6.45) is 4.96. The minimum absolute atomic E-state index is 0.0755. The first-order valence-corrected chi connectivity index (χ1v) is 9.31. The van der Waals surface area contributed by atoms with Gasteiger partial charge in [-0.05, 0) is 44.5 Å². The molecule has 1 fully saturated rings. The lowest BCUT2D eigenvalue weighted by Crippen LogP contribution is -2.42. The molecule has 0 bridgehead atoms. The van der Waals surface area contributed by atoms with E-state index in [0.29, 0.717) is 0 Å². The Balaban J connectivity index is 2.43. The lowest BCUT2D eigenvalue weighted by Gasteiger charge is -2.24. The Kier molecular flexibility index (Phi) is 6.84. The van der Waals surface area contributed by atoms with E-state index in [1.54, 1.807) is 11.8 Å². The molecule has 1 saturated heterocycles. The summed E-state index contributed by atoms with van der Waals surface area (Å²) in [5.41, 5.74) is 0. The minimum atomic E-state index is -3.12. The van der Waals surface area contributed by atoms with E-state index in [1.165, 1.54) is 0 Å². The standard InChI is InChI=1S/C11H24N2O2S2/c1-3-11(8-16-2)13-17(14,15)9-10-5-4-6-12-7-10/h10-13H,3-9H2,1-2H3. The van der Waals surface area contributed by atoms with Crippen LogP contribution in [0.15, 0.2) is 0 Å². The van der Waals surface area contributed by atoms with Gasteiger partial charge in [-0.25, -0.2) is 13.1 Å². The molecule has 4 nitrogen and oxygen atoms in total. The topological polar surface area (TPSA) is 58.2 Å². The molecule has 0 spiro atoms. The highest BCUT2D eigenvalue weighted by Crippen LogP contribution is 2.13. The zero-order valence-electron chi connectivity index (χ0n) is 10.7. The van der Waals surface area contributed by atoms with Gasteiger partial charge in [0, 0.05) is 11.8 Å². The van der Waals surface area contributed by atoms with Gasteiger partial charge in [-0.15, -0.1) is 0 Å². The van der Waals surface area contributed by atoms with E-state index < -0.39 is 10.0 Å². The fraction of sp³-hybridized carbons (Fsp3) is 1.00. The van der Waals surface area contributed by atoms with Gasteiger partial charge in [-0.2, -0.15) is 11.8 Å². The van der Waals surface area contributed by atoms with Crippen LogP contribution in [0.4, 0.5) is 0 Å². The Labute approximate surface area is 109 Å². The zero-order valence-corrected chi connectivity index (χ0v) is 12.4. The molecule has 17 heavy (non-hydrogen) atoms. The van der Waals surface area contributed by atoms with E-state index in [0.717, 1.165) is 38.1 Å². The Morgan fingerprint density at radius 3 is 2.82 bits per heavy atom.